The van der Waals surface area contributed by atoms with Gasteiger partial charge in [-0.1, -0.05) is 12.1 Å². The molecular formula is C17H22F3N3O2. The van der Waals surface area contributed by atoms with E-state index < -0.39 is 23.1 Å². The van der Waals surface area contributed by atoms with Crippen LogP contribution in [0.2, 0.25) is 0 Å². The van der Waals surface area contributed by atoms with Crippen LogP contribution in [-0.4, -0.2) is 54.8 Å². The minimum atomic E-state index is -4.59. The van der Waals surface area contributed by atoms with Crippen LogP contribution in [0.5, 0.6) is 0 Å². The molecule has 1 aliphatic rings. The summed E-state index contributed by atoms with van der Waals surface area (Å²) in [7, 11) is 1.94. The average Bonchev–Trinajstić information content (AvgIpc) is 2.54. The summed E-state index contributed by atoms with van der Waals surface area (Å²) in [4.78, 5) is 28.8. The average molecular weight is 357 g/mol. The first-order valence-corrected chi connectivity index (χ1v) is 7.99. The zero-order valence-corrected chi connectivity index (χ0v) is 14.5. The summed E-state index contributed by atoms with van der Waals surface area (Å²) in [5.74, 6) is -1.14. The number of anilines is 1. The Morgan fingerprint density at radius 2 is 1.60 bits per heavy atom. The zero-order chi connectivity index (χ0) is 18.8. The summed E-state index contributed by atoms with van der Waals surface area (Å²) in [6.07, 6.45) is -4.59. The van der Waals surface area contributed by atoms with Crippen molar-refractivity contribution in [2.75, 3.05) is 38.5 Å². The van der Waals surface area contributed by atoms with Crippen molar-refractivity contribution in [3.8, 4) is 0 Å². The number of likely N-dealkylation sites (N-methyl/N-ethyl adjacent to an activating group) is 1. The predicted octanol–water partition coefficient (Wildman–Crippen LogP) is 2.44. The Labute approximate surface area is 144 Å². The van der Waals surface area contributed by atoms with E-state index in [-0.39, 0.29) is 11.6 Å². The van der Waals surface area contributed by atoms with Crippen LogP contribution in [0.1, 0.15) is 19.4 Å². The molecule has 8 heteroatoms. The standard InChI is InChI=1S/C17H22F3N3O2/c1-16(2,15(25)23-10-8-22(3)9-11-23)14(24)21-13-7-5-4-6-12(13)17(18,19)20/h4-7H,8-11H2,1-3H3,(H,21,24). The van der Waals surface area contributed by atoms with Gasteiger partial charge in [-0.15, -0.1) is 0 Å². The van der Waals surface area contributed by atoms with Crippen LogP contribution in [0.3, 0.4) is 0 Å². The van der Waals surface area contributed by atoms with Crippen LogP contribution in [-0.2, 0) is 15.8 Å². The van der Waals surface area contributed by atoms with Gasteiger partial charge in [0, 0.05) is 26.2 Å². The Hall–Kier alpha value is -2.09. The van der Waals surface area contributed by atoms with Gasteiger partial charge in [0.25, 0.3) is 0 Å². The van der Waals surface area contributed by atoms with Crippen LogP contribution in [0, 0.1) is 5.41 Å². The first-order valence-electron chi connectivity index (χ1n) is 7.99. The van der Waals surface area contributed by atoms with Crippen LogP contribution < -0.4 is 5.32 Å². The maximum absolute atomic E-state index is 13.1. The quantitative estimate of drug-likeness (QED) is 0.846. The Kier molecular flexibility index (Phi) is 5.41. The van der Waals surface area contributed by atoms with Gasteiger partial charge >= 0.3 is 6.18 Å². The molecule has 2 amide bonds. The highest BCUT2D eigenvalue weighted by molar-refractivity contribution is 6.10. The number of alkyl halides is 3. The minimum absolute atomic E-state index is 0.348. The smallest absolute Gasteiger partial charge is 0.339 e. The molecule has 138 valence electrons. The van der Waals surface area contributed by atoms with Crippen molar-refractivity contribution < 1.29 is 22.8 Å². The molecule has 1 fully saturated rings. The number of carbonyl (C=O) groups excluding carboxylic acids is 2. The molecule has 0 spiro atoms. The van der Waals surface area contributed by atoms with Gasteiger partial charge in [-0.05, 0) is 33.0 Å². The molecule has 1 heterocycles. The molecule has 1 aliphatic heterocycles. The predicted molar refractivity (Wildman–Crippen MR) is 87.9 cm³/mol. The topological polar surface area (TPSA) is 52.7 Å². The molecule has 0 saturated carbocycles. The van der Waals surface area contributed by atoms with Crippen molar-refractivity contribution in [1.82, 2.24) is 9.80 Å². The Balaban J connectivity index is 2.16. The maximum atomic E-state index is 13.1. The molecule has 1 aromatic carbocycles. The highest BCUT2D eigenvalue weighted by Crippen LogP contribution is 2.35. The Bertz CT molecular complexity index is 651. The van der Waals surface area contributed by atoms with E-state index in [1.807, 2.05) is 7.05 Å². The second-order valence-corrected chi connectivity index (χ2v) is 6.72. The molecule has 0 radical (unpaired) electrons. The van der Waals surface area contributed by atoms with Gasteiger partial charge in [-0.3, -0.25) is 9.59 Å². The van der Waals surface area contributed by atoms with Crippen molar-refractivity contribution in [2.24, 2.45) is 5.41 Å². The Morgan fingerprint density at radius 1 is 1.04 bits per heavy atom. The van der Waals surface area contributed by atoms with E-state index >= 15 is 0 Å². The number of nitrogens with one attached hydrogen (secondary N) is 1. The number of nitrogens with zero attached hydrogens (tertiary/aromatic N) is 2. The van der Waals surface area contributed by atoms with Crippen molar-refractivity contribution in [1.29, 1.82) is 0 Å². The van der Waals surface area contributed by atoms with E-state index in [0.717, 1.165) is 6.07 Å². The SMILES string of the molecule is CN1CCN(C(=O)C(C)(C)C(=O)Nc2ccccc2C(F)(F)F)CC1. The molecule has 0 aliphatic carbocycles. The van der Waals surface area contributed by atoms with E-state index in [0.29, 0.717) is 26.2 Å². The first-order chi connectivity index (χ1) is 11.5. The van der Waals surface area contributed by atoms with Crippen LogP contribution in [0.4, 0.5) is 18.9 Å². The summed E-state index contributed by atoms with van der Waals surface area (Å²) in [5, 5.41) is 2.27. The third-order valence-corrected chi connectivity index (χ3v) is 4.37. The number of carbonyl (C=O) groups is 2. The van der Waals surface area contributed by atoms with Crippen LogP contribution in [0.15, 0.2) is 24.3 Å². The number of halogens is 3. The lowest BCUT2D eigenvalue weighted by atomic mass is 9.89. The van der Waals surface area contributed by atoms with Gasteiger partial charge in [0.2, 0.25) is 11.8 Å². The Morgan fingerprint density at radius 3 is 2.16 bits per heavy atom. The molecule has 0 bridgehead atoms. The van der Waals surface area contributed by atoms with E-state index in [9.17, 15) is 22.8 Å². The number of piperazine rings is 1. The fourth-order valence-electron chi connectivity index (χ4n) is 2.62. The van der Waals surface area contributed by atoms with Gasteiger partial charge in [-0.2, -0.15) is 13.2 Å². The number of hydrogen-bond donors (Lipinski definition) is 1. The van der Waals surface area contributed by atoms with E-state index in [1.165, 1.54) is 32.0 Å². The number of para-hydroxylation sites is 1. The number of hydrogen-bond acceptors (Lipinski definition) is 3. The lowest BCUT2D eigenvalue weighted by Gasteiger charge is -2.36. The second-order valence-electron chi connectivity index (χ2n) is 6.72. The van der Waals surface area contributed by atoms with Crippen LogP contribution in [0.25, 0.3) is 0 Å². The van der Waals surface area contributed by atoms with Crippen LogP contribution >= 0.6 is 0 Å². The number of benzene rings is 1. The lowest BCUT2D eigenvalue weighted by molar-refractivity contribution is -0.147. The summed E-state index contributed by atoms with van der Waals surface area (Å²) in [5.41, 5.74) is -2.75. The van der Waals surface area contributed by atoms with Gasteiger partial charge in [-0.25, -0.2) is 0 Å². The monoisotopic (exact) mass is 357 g/mol. The normalized spacial score (nSPS) is 16.6. The molecule has 1 aromatic rings. The molecule has 0 atom stereocenters. The van der Waals surface area contributed by atoms with Gasteiger partial charge in [0.1, 0.15) is 5.41 Å². The highest BCUT2D eigenvalue weighted by Gasteiger charge is 2.41. The second kappa shape index (κ2) is 7.03. The number of rotatable bonds is 3. The third-order valence-electron chi connectivity index (χ3n) is 4.37. The molecule has 1 N–H and O–H groups in total. The highest BCUT2D eigenvalue weighted by atomic mass is 19.4. The minimum Gasteiger partial charge on any atom is -0.339 e. The number of amides is 2. The molecule has 0 unspecified atom stereocenters. The molecule has 1 saturated heterocycles. The van der Waals surface area contributed by atoms with E-state index in [2.05, 4.69) is 10.2 Å². The zero-order valence-electron chi connectivity index (χ0n) is 14.5. The maximum Gasteiger partial charge on any atom is 0.418 e. The summed E-state index contributed by atoms with van der Waals surface area (Å²) in [6, 6.07) is 4.72. The summed E-state index contributed by atoms with van der Waals surface area (Å²) >= 11 is 0. The van der Waals surface area contributed by atoms with Crippen molar-refractivity contribution >= 4 is 17.5 Å². The van der Waals surface area contributed by atoms with Gasteiger partial charge in [0.05, 0.1) is 11.3 Å². The summed E-state index contributed by atoms with van der Waals surface area (Å²) in [6.45, 7) is 5.23. The van der Waals surface area contributed by atoms with Gasteiger partial charge in [0.15, 0.2) is 0 Å². The molecular weight excluding hydrogens is 335 g/mol. The fourth-order valence-corrected chi connectivity index (χ4v) is 2.62. The van der Waals surface area contributed by atoms with Crippen molar-refractivity contribution in [2.45, 2.75) is 20.0 Å². The van der Waals surface area contributed by atoms with Crippen molar-refractivity contribution in [3.63, 3.8) is 0 Å². The molecule has 5 nitrogen and oxygen atoms in total. The largest absolute Gasteiger partial charge is 0.418 e. The van der Waals surface area contributed by atoms with E-state index in [4.69, 9.17) is 0 Å². The fraction of sp³-hybridized carbons (Fsp3) is 0.529. The van der Waals surface area contributed by atoms with Crippen molar-refractivity contribution in [3.05, 3.63) is 29.8 Å². The first kappa shape index (κ1) is 19.2. The molecule has 25 heavy (non-hydrogen) atoms. The van der Waals surface area contributed by atoms with Gasteiger partial charge < -0.3 is 15.1 Å². The van der Waals surface area contributed by atoms with E-state index in [1.54, 1.807) is 4.90 Å². The molecule has 2 rings (SSSR count). The third kappa shape index (κ3) is 4.31. The summed E-state index contributed by atoms with van der Waals surface area (Å²) < 4.78 is 39.2. The lowest BCUT2D eigenvalue weighted by Crippen LogP contribution is -2.53. The molecule has 0 aromatic heterocycles.